The van der Waals surface area contributed by atoms with Crippen molar-refractivity contribution in [1.29, 1.82) is 0 Å². The molecule has 5 nitrogen and oxygen atoms in total. The molecule has 2 unspecified atom stereocenters. The molecule has 1 aliphatic heterocycles. The minimum absolute atomic E-state index is 0.0662. The van der Waals surface area contributed by atoms with Crippen molar-refractivity contribution in [2.75, 3.05) is 18.6 Å². The number of hydrogen-bond acceptors (Lipinski definition) is 6. The summed E-state index contributed by atoms with van der Waals surface area (Å²) in [4.78, 5) is 7.01. The van der Waals surface area contributed by atoms with E-state index in [4.69, 9.17) is 9.15 Å². The van der Waals surface area contributed by atoms with Gasteiger partial charge in [-0.1, -0.05) is 6.92 Å². The van der Waals surface area contributed by atoms with Crippen LogP contribution in [0.15, 0.2) is 16.5 Å². The highest BCUT2D eigenvalue weighted by Gasteiger charge is 2.29. The van der Waals surface area contributed by atoms with Crippen LogP contribution in [-0.4, -0.2) is 23.0 Å². The largest absolute Gasteiger partial charge is 0.464 e. The number of rotatable bonds is 5. The van der Waals surface area contributed by atoms with E-state index < -0.39 is 0 Å². The first-order valence-corrected chi connectivity index (χ1v) is 8.72. The molecule has 0 saturated carbocycles. The lowest BCUT2D eigenvalue weighted by molar-refractivity contribution is 0.113. The normalized spacial score (nSPS) is 20.3. The zero-order valence-corrected chi connectivity index (χ0v) is 14.2. The van der Waals surface area contributed by atoms with Gasteiger partial charge in [0.15, 0.2) is 5.82 Å². The van der Waals surface area contributed by atoms with Crippen molar-refractivity contribution in [3.63, 3.8) is 0 Å². The minimum atomic E-state index is -0.0662. The van der Waals surface area contributed by atoms with Gasteiger partial charge in [0.25, 0.3) is 0 Å². The van der Waals surface area contributed by atoms with Crippen molar-refractivity contribution in [2.45, 2.75) is 51.7 Å². The van der Waals surface area contributed by atoms with Crippen LogP contribution in [0.1, 0.15) is 62.6 Å². The van der Waals surface area contributed by atoms with Gasteiger partial charge in [-0.15, -0.1) is 0 Å². The molecule has 0 aliphatic carbocycles. The van der Waals surface area contributed by atoms with Crippen molar-refractivity contribution in [2.24, 2.45) is 0 Å². The van der Waals surface area contributed by atoms with Crippen LogP contribution in [0, 0.1) is 0 Å². The Balaban J connectivity index is 1.84. The van der Waals surface area contributed by atoms with Crippen molar-refractivity contribution >= 4 is 16.7 Å². The third-order valence-corrected chi connectivity index (χ3v) is 5.02. The number of hydrogen-bond donors (Lipinski definition) is 0. The topological polar surface area (TPSA) is 51.4 Å². The minimum Gasteiger partial charge on any atom is -0.464 e. The summed E-state index contributed by atoms with van der Waals surface area (Å²) < 4.78 is 15.7. The molecule has 0 spiro atoms. The molecule has 22 heavy (non-hydrogen) atoms. The van der Waals surface area contributed by atoms with Gasteiger partial charge in [-0.3, -0.25) is 0 Å². The van der Waals surface area contributed by atoms with Crippen LogP contribution < -0.4 is 4.90 Å². The maximum absolute atomic E-state index is 5.99. The third-order valence-electron chi connectivity index (χ3n) is 4.26. The van der Waals surface area contributed by atoms with Gasteiger partial charge in [-0.05, 0) is 38.3 Å². The van der Waals surface area contributed by atoms with Crippen molar-refractivity contribution < 1.29 is 9.15 Å². The molecule has 1 fully saturated rings. The summed E-state index contributed by atoms with van der Waals surface area (Å²) in [5.74, 6) is 2.86. The van der Waals surface area contributed by atoms with Crippen LogP contribution in [-0.2, 0) is 11.2 Å². The van der Waals surface area contributed by atoms with Crippen LogP contribution in [0.4, 0.5) is 5.13 Å². The monoisotopic (exact) mass is 321 g/mol. The van der Waals surface area contributed by atoms with Gasteiger partial charge in [0.05, 0.1) is 6.04 Å². The molecular weight excluding hydrogens is 298 g/mol. The zero-order chi connectivity index (χ0) is 15.5. The molecule has 1 saturated heterocycles. The van der Waals surface area contributed by atoms with Gasteiger partial charge < -0.3 is 14.1 Å². The maximum atomic E-state index is 5.99. The number of furan rings is 1. The van der Waals surface area contributed by atoms with Gasteiger partial charge in [-0.25, -0.2) is 4.98 Å². The van der Waals surface area contributed by atoms with E-state index in [0.29, 0.717) is 0 Å². The Morgan fingerprint density at radius 3 is 3.05 bits per heavy atom. The fraction of sp³-hybridized carbons (Fsp3) is 0.625. The SMILES string of the molecule is CCc1ccc(C2CCCCN2c2nc(C(C)OC)ns2)o1. The second-order valence-corrected chi connectivity index (χ2v) is 6.41. The Morgan fingerprint density at radius 2 is 2.32 bits per heavy atom. The first kappa shape index (κ1) is 15.5. The second kappa shape index (κ2) is 6.79. The van der Waals surface area contributed by atoms with E-state index >= 15 is 0 Å². The summed E-state index contributed by atoms with van der Waals surface area (Å²) in [5, 5.41) is 0.970. The molecule has 1 aliphatic rings. The summed E-state index contributed by atoms with van der Waals surface area (Å²) in [6.45, 7) is 5.09. The van der Waals surface area contributed by atoms with Crippen LogP contribution in [0.2, 0.25) is 0 Å². The molecule has 2 atom stereocenters. The Hall–Kier alpha value is -1.40. The summed E-state index contributed by atoms with van der Waals surface area (Å²) in [6.07, 6.45) is 4.38. The molecule has 3 heterocycles. The van der Waals surface area contributed by atoms with Gasteiger partial charge in [-0.2, -0.15) is 4.37 Å². The van der Waals surface area contributed by atoms with Crippen molar-refractivity contribution in [1.82, 2.24) is 9.36 Å². The summed E-state index contributed by atoms with van der Waals surface area (Å²) in [5.41, 5.74) is 0. The quantitative estimate of drug-likeness (QED) is 0.828. The lowest BCUT2D eigenvalue weighted by Crippen LogP contribution is -2.33. The van der Waals surface area contributed by atoms with Crippen LogP contribution in [0.5, 0.6) is 0 Å². The molecular formula is C16H23N3O2S. The first-order chi connectivity index (χ1) is 10.7. The van der Waals surface area contributed by atoms with E-state index in [1.54, 1.807) is 7.11 Å². The van der Waals surface area contributed by atoms with Crippen molar-refractivity contribution in [3.05, 3.63) is 29.5 Å². The molecule has 0 amide bonds. The van der Waals surface area contributed by atoms with E-state index in [0.717, 1.165) is 41.9 Å². The molecule has 120 valence electrons. The zero-order valence-electron chi connectivity index (χ0n) is 13.4. The predicted octanol–water partition coefficient (Wildman–Crippen LogP) is 4.13. The average Bonchev–Trinajstić information content (AvgIpc) is 3.23. The summed E-state index contributed by atoms with van der Waals surface area (Å²) >= 11 is 1.45. The molecule has 0 bridgehead atoms. The van der Waals surface area contributed by atoms with Gasteiger partial charge >= 0.3 is 0 Å². The Kier molecular flexibility index (Phi) is 4.78. The number of aryl methyl sites for hydroxylation is 1. The summed E-state index contributed by atoms with van der Waals surface area (Å²) in [6, 6.07) is 4.47. The third kappa shape index (κ3) is 3.03. The fourth-order valence-electron chi connectivity index (χ4n) is 2.83. The molecule has 0 radical (unpaired) electrons. The number of methoxy groups -OCH3 is 1. The van der Waals surface area contributed by atoms with Gasteiger partial charge in [0.2, 0.25) is 5.13 Å². The van der Waals surface area contributed by atoms with E-state index in [1.165, 1.54) is 24.4 Å². The van der Waals surface area contributed by atoms with E-state index in [9.17, 15) is 0 Å². The smallest absolute Gasteiger partial charge is 0.205 e. The number of anilines is 1. The molecule has 3 rings (SSSR count). The molecule has 6 heteroatoms. The van der Waals surface area contributed by atoms with Crippen LogP contribution in [0.25, 0.3) is 0 Å². The Morgan fingerprint density at radius 1 is 1.45 bits per heavy atom. The van der Waals surface area contributed by atoms with E-state index in [2.05, 4.69) is 33.3 Å². The lowest BCUT2D eigenvalue weighted by Gasteiger charge is -2.33. The molecule has 0 aromatic carbocycles. The van der Waals surface area contributed by atoms with Gasteiger partial charge in [0.1, 0.15) is 17.6 Å². The maximum Gasteiger partial charge on any atom is 0.205 e. The highest BCUT2D eigenvalue weighted by Crippen LogP contribution is 2.37. The number of nitrogens with zero attached hydrogens (tertiary/aromatic N) is 3. The van der Waals surface area contributed by atoms with Crippen LogP contribution >= 0.6 is 11.5 Å². The van der Waals surface area contributed by atoms with Crippen LogP contribution in [0.3, 0.4) is 0 Å². The lowest BCUT2D eigenvalue weighted by atomic mass is 10.0. The standard InChI is InChI=1S/C16H23N3O2S/c1-4-12-8-9-14(21-12)13-7-5-6-10-19(13)16-17-15(18-22-16)11(2)20-3/h8-9,11,13H,4-7,10H2,1-3H3. The summed E-state index contributed by atoms with van der Waals surface area (Å²) in [7, 11) is 1.68. The van der Waals surface area contributed by atoms with Gasteiger partial charge in [0, 0.05) is 31.6 Å². The molecule has 2 aromatic heterocycles. The second-order valence-electron chi connectivity index (χ2n) is 5.68. The van der Waals surface area contributed by atoms with E-state index in [1.807, 2.05) is 6.92 Å². The highest BCUT2D eigenvalue weighted by atomic mass is 32.1. The Bertz CT molecular complexity index is 610. The number of piperidine rings is 1. The van der Waals surface area contributed by atoms with Crippen molar-refractivity contribution in [3.8, 4) is 0 Å². The number of aromatic nitrogens is 2. The number of ether oxygens (including phenoxy) is 1. The highest BCUT2D eigenvalue weighted by molar-refractivity contribution is 7.09. The predicted molar refractivity (Wildman–Crippen MR) is 87.4 cm³/mol. The molecule has 2 aromatic rings. The average molecular weight is 321 g/mol. The fourth-order valence-corrected chi connectivity index (χ4v) is 3.66. The Labute approximate surface area is 135 Å². The molecule has 0 N–H and O–H groups in total. The first-order valence-electron chi connectivity index (χ1n) is 7.94. The van der Waals surface area contributed by atoms with E-state index in [-0.39, 0.29) is 12.1 Å².